The van der Waals surface area contributed by atoms with Crippen LogP contribution in [0.25, 0.3) is 10.8 Å². The quantitative estimate of drug-likeness (QED) is 0.436. The molecule has 0 amide bonds. The summed E-state index contributed by atoms with van der Waals surface area (Å²) in [5.41, 5.74) is 2.16. The van der Waals surface area contributed by atoms with Gasteiger partial charge in [0.25, 0.3) is 0 Å². The maximum Gasteiger partial charge on any atom is 0.228 e. The second kappa shape index (κ2) is 8.04. The minimum atomic E-state index is -0.237. The number of ether oxygens (including phenoxy) is 1. The van der Waals surface area contributed by atoms with Crippen molar-refractivity contribution < 1.29 is 9.15 Å². The van der Waals surface area contributed by atoms with E-state index < -0.39 is 0 Å². The minimum absolute atomic E-state index is 0.237. The molecule has 0 aliphatic carbocycles. The number of aromatic nitrogens is 2. The Morgan fingerprint density at radius 1 is 1.06 bits per heavy atom. The third kappa shape index (κ3) is 3.33. The van der Waals surface area contributed by atoms with Crippen LogP contribution in [0.2, 0.25) is 0 Å². The first-order valence-electron chi connectivity index (χ1n) is 10.8. The standard InChI is InChI=1S/C25H26N4O2/c1-3-28(4-2)13-14-29-16-27-25-22(24(29)26)21(20-10-7-15-30-20)19-12-11-17-8-5-6-9-18(17)23(19)31-25/h5-12,15-16,21,26H,3-4,13-14H2,1-2H3. The zero-order valence-corrected chi connectivity index (χ0v) is 17.8. The van der Waals surface area contributed by atoms with Crippen LogP contribution in [0, 0.1) is 5.41 Å². The van der Waals surface area contributed by atoms with Crippen LogP contribution in [0.15, 0.2) is 65.5 Å². The van der Waals surface area contributed by atoms with Crippen molar-refractivity contribution in [1.82, 2.24) is 14.5 Å². The van der Waals surface area contributed by atoms with Crippen LogP contribution in [0.3, 0.4) is 0 Å². The molecule has 0 saturated carbocycles. The summed E-state index contributed by atoms with van der Waals surface area (Å²) in [7, 11) is 0. The Balaban J connectivity index is 1.66. The maximum atomic E-state index is 9.00. The Morgan fingerprint density at radius 3 is 2.68 bits per heavy atom. The molecule has 1 atom stereocenters. The van der Waals surface area contributed by atoms with E-state index in [1.165, 1.54) is 0 Å². The molecule has 6 heteroatoms. The monoisotopic (exact) mass is 414 g/mol. The summed E-state index contributed by atoms with van der Waals surface area (Å²) in [6, 6.07) is 16.2. The number of nitrogens with one attached hydrogen (secondary N) is 1. The van der Waals surface area contributed by atoms with E-state index in [0.29, 0.717) is 17.9 Å². The van der Waals surface area contributed by atoms with Gasteiger partial charge in [0, 0.05) is 24.0 Å². The van der Waals surface area contributed by atoms with Crippen LogP contribution < -0.4 is 10.2 Å². The van der Waals surface area contributed by atoms with Gasteiger partial charge in [-0.15, -0.1) is 0 Å². The Hall–Kier alpha value is -3.38. The van der Waals surface area contributed by atoms with Crippen LogP contribution in [0.5, 0.6) is 11.6 Å². The number of furan rings is 1. The van der Waals surface area contributed by atoms with Gasteiger partial charge < -0.3 is 18.6 Å². The minimum Gasteiger partial charge on any atom is -0.468 e. The van der Waals surface area contributed by atoms with E-state index in [1.54, 1.807) is 12.6 Å². The van der Waals surface area contributed by atoms with Crippen LogP contribution in [-0.4, -0.2) is 34.1 Å². The number of rotatable bonds is 6. The second-order valence-corrected chi connectivity index (χ2v) is 7.79. The fraction of sp³-hybridized carbons (Fsp3) is 0.280. The van der Waals surface area contributed by atoms with E-state index in [1.807, 2.05) is 28.8 Å². The molecule has 5 rings (SSSR count). The van der Waals surface area contributed by atoms with E-state index in [9.17, 15) is 0 Å². The van der Waals surface area contributed by atoms with Gasteiger partial charge in [0.05, 0.1) is 17.7 Å². The Bertz CT molecular complexity index is 1270. The molecular formula is C25H26N4O2. The summed E-state index contributed by atoms with van der Waals surface area (Å²) in [6.45, 7) is 7.86. The SMILES string of the molecule is CCN(CC)CCn1cnc2c(c1=N)C(c1ccco1)c1ccc3ccccc3c1O2. The van der Waals surface area contributed by atoms with E-state index >= 15 is 0 Å². The van der Waals surface area contributed by atoms with Gasteiger partial charge in [-0.05, 0) is 30.6 Å². The summed E-state index contributed by atoms with van der Waals surface area (Å²) in [6.07, 6.45) is 3.40. The van der Waals surface area contributed by atoms with Crippen molar-refractivity contribution in [3.63, 3.8) is 0 Å². The molecule has 31 heavy (non-hydrogen) atoms. The molecule has 4 aromatic rings. The number of hydrogen-bond donors (Lipinski definition) is 1. The predicted molar refractivity (Wildman–Crippen MR) is 120 cm³/mol. The molecule has 0 bridgehead atoms. The average Bonchev–Trinajstić information content (AvgIpc) is 3.34. The molecule has 1 N–H and O–H groups in total. The lowest BCUT2D eigenvalue weighted by molar-refractivity contribution is 0.286. The van der Waals surface area contributed by atoms with Crippen molar-refractivity contribution in [2.45, 2.75) is 26.3 Å². The molecular weight excluding hydrogens is 388 g/mol. The molecule has 1 aliphatic heterocycles. The Labute approximate surface area is 181 Å². The van der Waals surface area contributed by atoms with Gasteiger partial charge in [0.1, 0.15) is 23.3 Å². The molecule has 1 unspecified atom stereocenters. The summed E-state index contributed by atoms with van der Waals surface area (Å²) in [4.78, 5) is 6.98. The number of nitrogens with zero attached hydrogens (tertiary/aromatic N) is 3. The van der Waals surface area contributed by atoms with E-state index in [4.69, 9.17) is 14.6 Å². The van der Waals surface area contributed by atoms with Gasteiger partial charge >= 0.3 is 0 Å². The molecule has 0 spiro atoms. The molecule has 0 radical (unpaired) electrons. The lowest BCUT2D eigenvalue weighted by atomic mass is 9.86. The molecule has 158 valence electrons. The first-order chi connectivity index (χ1) is 15.2. The second-order valence-electron chi connectivity index (χ2n) is 7.79. The van der Waals surface area contributed by atoms with Crippen molar-refractivity contribution in [3.8, 4) is 11.6 Å². The normalized spacial score (nSPS) is 15.0. The van der Waals surface area contributed by atoms with Gasteiger partial charge in [-0.25, -0.2) is 4.98 Å². The highest BCUT2D eigenvalue weighted by Gasteiger charge is 2.34. The van der Waals surface area contributed by atoms with E-state index in [2.05, 4.69) is 48.0 Å². The third-order valence-electron chi connectivity index (χ3n) is 6.17. The summed E-state index contributed by atoms with van der Waals surface area (Å²) in [5.74, 6) is 1.83. The van der Waals surface area contributed by atoms with E-state index in [0.717, 1.165) is 53.0 Å². The van der Waals surface area contributed by atoms with Crippen molar-refractivity contribution in [3.05, 3.63) is 83.5 Å². The van der Waals surface area contributed by atoms with Gasteiger partial charge in [-0.3, -0.25) is 5.41 Å². The van der Waals surface area contributed by atoms with Crippen molar-refractivity contribution in [1.29, 1.82) is 5.41 Å². The molecule has 2 aromatic carbocycles. The molecule has 2 aromatic heterocycles. The van der Waals surface area contributed by atoms with Crippen LogP contribution >= 0.6 is 0 Å². The van der Waals surface area contributed by atoms with Crippen LogP contribution in [-0.2, 0) is 6.54 Å². The lowest BCUT2D eigenvalue weighted by Gasteiger charge is -2.28. The molecule has 0 fully saturated rings. The maximum absolute atomic E-state index is 9.00. The molecule has 6 nitrogen and oxygen atoms in total. The summed E-state index contributed by atoms with van der Waals surface area (Å²) >= 11 is 0. The summed E-state index contributed by atoms with van der Waals surface area (Å²) < 4.78 is 14.1. The third-order valence-corrected chi connectivity index (χ3v) is 6.17. The lowest BCUT2D eigenvalue weighted by Crippen LogP contribution is -2.34. The Morgan fingerprint density at radius 2 is 1.90 bits per heavy atom. The zero-order valence-electron chi connectivity index (χ0n) is 17.8. The number of likely N-dealkylation sites (N-methyl/N-ethyl adjacent to an activating group) is 1. The first kappa shape index (κ1) is 19.6. The van der Waals surface area contributed by atoms with E-state index in [-0.39, 0.29) is 5.92 Å². The van der Waals surface area contributed by atoms with Gasteiger partial charge in [0.15, 0.2) is 0 Å². The average molecular weight is 415 g/mol. The van der Waals surface area contributed by atoms with Crippen molar-refractivity contribution in [2.24, 2.45) is 0 Å². The highest BCUT2D eigenvalue weighted by atomic mass is 16.5. The summed E-state index contributed by atoms with van der Waals surface area (Å²) in [5, 5.41) is 11.1. The van der Waals surface area contributed by atoms with Crippen molar-refractivity contribution in [2.75, 3.05) is 19.6 Å². The smallest absolute Gasteiger partial charge is 0.228 e. The largest absolute Gasteiger partial charge is 0.468 e. The van der Waals surface area contributed by atoms with Gasteiger partial charge in [0.2, 0.25) is 5.88 Å². The topological polar surface area (TPSA) is 67.3 Å². The zero-order chi connectivity index (χ0) is 21.4. The number of hydrogen-bond acceptors (Lipinski definition) is 5. The molecule has 1 aliphatic rings. The fourth-order valence-corrected chi connectivity index (χ4v) is 4.41. The van der Waals surface area contributed by atoms with Crippen molar-refractivity contribution >= 4 is 10.8 Å². The number of fused-ring (bicyclic) bond motifs is 4. The van der Waals surface area contributed by atoms with Crippen LogP contribution in [0.4, 0.5) is 0 Å². The fourth-order valence-electron chi connectivity index (χ4n) is 4.41. The number of benzene rings is 2. The van der Waals surface area contributed by atoms with Crippen LogP contribution in [0.1, 0.15) is 36.7 Å². The Kier molecular flexibility index (Phi) is 5.08. The molecule has 3 heterocycles. The molecule has 0 saturated heterocycles. The van der Waals surface area contributed by atoms with Gasteiger partial charge in [-0.1, -0.05) is 50.2 Å². The first-order valence-corrected chi connectivity index (χ1v) is 10.8. The predicted octanol–water partition coefficient (Wildman–Crippen LogP) is 4.74. The van der Waals surface area contributed by atoms with Gasteiger partial charge in [-0.2, -0.15) is 0 Å². The highest BCUT2D eigenvalue weighted by Crippen LogP contribution is 2.47. The highest BCUT2D eigenvalue weighted by molar-refractivity contribution is 5.91.